The van der Waals surface area contributed by atoms with Crippen LogP contribution < -0.4 is 10.1 Å². The van der Waals surface area contributed by atoms with Gasteiger partial charge in [-0.15, -0.1) is 0 Å². The number of benzene rings is 1. The van der Waals surface area contributed by atoms with E-state index in [0.717, 1.165) is 28.6 Å². The molecule has 1 aliphatic carbocycles. The zero-order valence-corrected chi connectivity index (χ0v) is 14.5. The normalized spacial score (nSPS) is 16.2. The van der Waals surface area contributed by atoms with Crippen LogP contribution in [0.5, 0.6) is 5.75 Å². The van der Waals surface area contributed by atoms with Gasteiger partial charge in [0.15, 0.2) is 0 Å². The second-order valence-corrected chi connectivity index (χ2v) is 7.48. The number of rotatable bonds is 4. The van der Waals surface area contributed by atoms with Gasteiger partial charge >= 0.3 is 6.09 Å². The van der Waals surface area contributed by atoms with Gasteiger partial charge in [-0.1, -0.05) is 6.07 Å². The van der Waals surface area contributed by atoms with Crippen LogP contribution in [0.15, 0.2) is 22.7 Å². The van der Waals surface area contributed by atoms with E-state index in [1.54, 1.807) is 0 Å². The topological polar surface area (TPSA) is 47.6 Å². The lowest BCUT2D eigenvalue weighted by atomic mass is 10.2. The second-order valence-electron chi connectivity index (χ2n) is 6.63. The van der Waals surface area contributed by atoms with Crippen LogP contribution in [0, 0.1) is 6.92 Å². The average Bonchev–Trinajstić information content (AvgIpc) is 3.08. The molecule has 0 unspecified atom stereocenters. The van der Waals surface area contributed by atoms with Crippen molar-refractivity contribution in [1.29, 1.82) is 0 Å². The van der Waals surface area contributed by atoms with Gasteiger partial charge < -0.3 is 14.8 Å². The van der Waals surface area contributed by atoms with Crippen molar-refractivity contribution >= 4 is 22.0 Å². The van der Waals surface area contributed by atoms with Crippen molar-refractivity contribution in [3.05, 3.63) is 28.2 Å². The fraction of sp³-hybridized carbons (Fsp3) is 0.562. The van der Waals surface area contributed by atoms with Crippen LogP contribution in [0.3, 0.4) is 0 Å². The molecule has 1 aromatic carbocycles. The number of alkyl carbamates (subject to hydrolysis) is 1. The summed E-state index contributed by atoms with van der Waals surface area (Å²) in [6.07, 6.45) is 1.44. The Morgan fingerprint density at radius 1 is 1.38 bits per heavy atom. The molecule has 2 rings (SSSR count). The average molecular weight is 356 g/mol. The van der Waals surface area contributed by atoms with E-state index in [4.69, 9.17) is 9.47 Å². The van der Waals surface area contributed by atoms with Gasteiger partial charge in [-0.25, -0.2) is 4.79 Å². The minimum Gasteiger partial charge on any atom is -0.490 e. The molecule has 4 nitrogen and oxygen atoms in total. The fourth-order valence-electron chi connectivity index (χ4n) is 1.91. The van der Waals surface area contributed by atoms with Crippen molar-refractivity contribution in [3.8, 4) is 5.75 Å². The summed E-state index contributed by atoms with van der Waals surface area (Å²) < 4.78 is 12.1. The quantitative estimate of drug-likeness (QED) is 0.880. The Morgan fingerprint density at radius 3 is 2.62 bits per heavy atom. The molecule has 1 N–H and O–H groups in total. The Morgan fingerprint density at radius 2 is 2.05 bits per heavy atom. The zero-order valence-electron chi connectivity index (χ0n) is 13.0. The van der Waals surface area contributed by atoms with Crippen molar-refractivity contribution in [2.75, 3.05) is 6.61 Å². The first-order valence-corrected chi connectivity index (χ1v) is 7.89. The Kier molecular flexibility index (Phi) is 4.51. The summed E-state index contributed by atoms with van der Waals surface area (Å²) in [5.74, 6) is 0.798. The summed E-state index contributed by atoms with van der Waals surface area (Å²) in [4.78, 5) is 11.8. The number of halogens is 1. The molecule has 0 bridgehead atoms. The number of carbonyl (C=O) groups is 1. The molecule has 0 aliphatic heterocycles. The first-order chi connectivity index (χ1) is 9.69. The molecule has 1 saturated carbocycles. The molecule has 1 amide bonds. The van der Waals surface area contributed by atoms with Gasteiger partial charge in [-0.05, 0) is 74.2 Å². The van der Waals surface area contributed by atoms with Crippen LogP contribution in [0.4, 0.5) is 4.79 Å². The van der Waals surface area contributed by atoms with Gasteiger partial charge in [-0.2, -0.15) is 0 Å². The van der Waals surface area contributed by atoms with Gasteiger partial charge in [0.2, 0.25) is 0 Å². The summed E-state index contributed by atoms with van der Waals surface area (Å²) in [6.45, 7) is 8.03. The highest BCUT2D eigenvalue weighted by molar-refractivity contribution is 9.10. The van der Waals surface area contributed by atoms with Crippen molar-refractivity contribution < 1.29 is 14.3 Å². The van der Waals surface area contributed by atoms with Crippen molar-refractivity contribution in [2.45, 2.75) is 51.7 Å². The molecule has 0 heterocycles. The van der Waals surface area contributed by atoms with Gasteiger partial charge in [0.1, 0.15) is 18.0 Å². The molecule has 116 valence electrons. The minimum absolute atomic E-state index is 0.286. The first-order valence-electron chi connectivity index (χ1n) is 7.09. The Labute approximate surface area is 134 Å². The van der Waals surface area contributed by atoms with E-state index in [1.165, 1.54) is 0 Å². The highest BCUT2D eigenvalue weighted by atomic mass is 79.9. The summed E-state index contributed by atoms with van der Waals surface area (Å²) in [7, 11) is 0. The Balaban J connectivity index is 1.90. The van der Waals surface area contributed by atoms with Crippen molar-refractivity contribution in [2.24, 2.45) is 0 Å². The van der Waals surface area contributed by atoms with Crippen LogP contribution in [0.2, 0.25) is 0 Å². The number of hydrogen-bond donors (Lipinski definition) is 1. The summed E-state index contributed by atoms with van der Waals surface area (Å²) in [5, 5.41) is 2.93. The fourth-order valence-corrected chi connectivity index (χ4v) is 2.27. The molecule has 0 spiro atoms. The van der Waals surface area contributed by atoms with Crippen LogP contribution >= 0.6 is 15.9 Å². The van der Waals surface area contributed by atoms with Crippen LogP contribution in [-0.4, -0.2) is 23.8 Å². The SMILES string of the molecule is Cc1ccc(Br)c(OCC2(NC(=O)OC(C)(C)C)CC2)c1. The van der Waals surface area contributed by atoms with Crippen LogP contribution in [0.25, 0.3) is 0 Å². The van der Waals surface area contributed by atoms with E-state index in [2.05, 4.69) is 21.2 Å². The second kappa shape index (κ2) is 5.87. The molecule has 0 aromatic heterocycles. The van der Waals surface area contributed by atoms with Gasteiger partial charge in [-0.3, -0.25) is 0 Å². The number of amides is 1. The third-order valence-corrected chi connectivity index (χ3v) is 3.87. The number of nitrogens with one attached hydrogen (secondary N) is 1. The maximum atomic E-state index is 11.8. The number of ether oxygens (including phenoxy) is 2. The van der Waals surface area contributed by atoms with E-state index in [9.17, 15) is 4.79 Å². The van der Waals surface area contributed by atoms with E-state index in [0.29, 0.717) is 6.61 Å². The third kappa shape index (κ3) is 4.92. The molecule has 1 aromatic rings. The lowest BCUT2D eigenvalue weighted by Gasteiger charge is -2.23. The maximum Gasteiger partial charge on any atom is 0.408 e. The molecular weight excluding hydrogens is 334 g/mol. The van der Waals surface area contributed by atoms with Crippen LogP contribution in [-0.2, 0) is 4.74 Å². The predicted molar refractivity (Wildman–Crippen MR) is 85.7 cm³/mol. The van der Waals surface area contributed by atoms with Gasteiger partial charge in [0.25, 0.3) is 0 Å². The zero-order chi connectivity index (χ0) is 15.7. The van der Waals surface area contributed by atoms with E-state index < -0.39 is 5.60 Å². The van der Waals surface area contributed by atoms with Crippen LogP contribution in [0.1, 0.15) is 39.2 Å². The Bertz CT molecular complexity index is 533. The number of aryl methyl sites for hydroxylation is 1. The summed E-state index contributed by atoms with van der Waals surface area (Å²) in [6, 6.07) is 5.96. The Hall–Kier alpha value is -1.23. The molecule has 21 heavy (non-hydrogen) atoms. The molecule has 0 saturated heterocycles. The minimum atomic E-state index is -0.486. The summed E-state index contributed by atoms with van der Waals surface area (Å²) >= 11 is 3.47. The number of hydrogen-bond acceptors (Lipinski definition) is 3. The standard InChI is InChI=1S/C16H22BrNO3/c1-11-5-6-12(17)13(9-11)20-10-16(7-8-16)18-14(19)21-15(2,3)4/h5-6,9H,7-8,10H2,1-4H3,(H,18,19). The molecule has 5 heteroatoms. The molecular formula is C16H22BrNO3. The van der Waals surface area contributed by atoms with Gasteiger partial charge in [0, 0.05) is 0 Å². The van der Waals surface area contributed by atoms with E-state index >= 15 is 0 Å². The molecule has 1 aliphatic rings. The highest BCUT2D eigenvalue weighted by Gasteiger charge is 2.46. The molecule has 0 radical (unpaired) electrons. The lowest BCUT2D eigenvalue weighted by Crippen LogP contribution is -2.44. The summed E-state index contributed by atoms with van der Waals surface area (Å²) in [5.41, 5.74) is 0.365. The van der Waals surface area contributed by atoms with E-state index in [-0.39, 0.29) is 11.6 Å². The smallest absolute Gasteiger partial charge is 0.408 e. The first kappa shape index (κ1) is 16.1. The lowest BCUT2D eigenvalue weighted by molar-refractivity contribution is 0.0477. The largest absolute Gasteiger partial charge is 0.490 e. The third-order valence-electron chi connectivity index (χ3n) is 3.21. The molecule has 1 fully saturated rings. The predicted octanol–water partition coefficient (Wildman–Crippen LogP) is 4.19. The van der Waals surface area contributed by atoms with Crippen molar-refractivity contribution in [1.82, 2.24) is 5.32 Å². The maximum absolute atomic E-state index is 11.8. The van der Waals surface area contributed by atoms with Crippen molar-refractivity contribution in [3.63, 3.8) is 0 Å². The monoisotopic (exact) mass is 355 g/mol. The number of carbonyl (C=O) groups excluding carboxylic acids is 1. The van der Waals surface area contributed by atoms with Gasteiger partial charge in [0.05, 0.1) is 10.0 Å². The highest BCUT2D eigenvalue weighted by Crippen LogP contribution is 2.37. The van der Waals surface area contributed by atoms with E-state index in [1.807, 2.05) is 45.9 Å². The molecule has 0 atom stereocenters.